The third-order valence-corrected chi connectivity index (χ3v) is 5.15. The number of amides is 1. The summed E-state index contributed by atoms with van der Waals surface area (Å²) in [5.74, 6) is -1.61. The van der Waals surface area contributed by atoms with Gasteiger partial charge in [-0.15, -0.1) is 0 Å². The van der Waals surface area contributed by atoms with E-state index in [9.17, 15) is 22.4 Å². The minimum absolute atomic E-state index is 0.00434. The summed E-state index contributed by atoms with van der Waals surface area (Å²) in [5, 5.41) is 2.60. The first-order valence-electron chi connectivity index (χ1n) is 8.54. The summed E-state index contributed by atoms with van der Waals surface area (Å²) >= 11 is 0. The minimum Gasteiger partial charge on any atom is -0.456 e. The molecule has 1 amide bonds. The molecule has 0 fully saturated rings. The van der Waals surface area contributed by atoms with Crippen LogP contribution in [-0.2, 0) is 24.3 Å². The van der Waals surface area contributed by atoms with E-state index >= 15 is 0 Å². The Balaban J connectivity index is 1.66. The van der Waals surface area contributed by atoms with Gasteiger partial charge in [-0.3, -0.25) is 9.59 Å². The summed E-state index contributed by atoms with van der Waals surface area (Å²) in [5.41, 5.74) is 1.65. The highest BCUT2D eigenvalue weighted by atomic mass is 32.2. The molecule has 0 spiro atoms. The van der Waals surface area contributed by atoms with E-state index in [0.717, 1.165) is 29.8 Å². The van der Waals surface area contributed by atoms with Crippen LogP contribution in [0.4, 0.5) is 10.1 Å². The van der Waals surface area contributed by atoms with Crippen LogP contribution >= 0.6 is 0 Å². The number of carbonyl (C=O) groups excluding carboxylic acids is 2. The van der Waals surface area contributed by atoms with Gasteiger partial charge >= 0.3 is 5.97 Å². The van der Waals surface area contributed by atoms with Crippen molar-refractivity contribution in [1.29, 1.82) is 0 Å². The van der Waals surface area contributed by atoms with Gasteiger partial charge in [0.1, 0.15) is 5.82 Å². The van der Waals surface area contributed by atoms with E-state index in [2.05, 4.69) is 10.0 Å². The van der Waals surface area contributed by atoms with Crippen LogP contribution in [0.3, 0.4) is 0 Å². The van der Waals surface area contributed by atoms with E-state index in [1.165, 1.54) is 0 Å². The first kappa shape index (κ1) is 21.5. The van der Waals surface area contributed by atoms with Gasteiger partial charge in [-0.05, 0) is 49.7 Å². The Kier molecular flexibility index (Phi) is 7.65. The van der Waals surface area contributed by atoms with Crippen LogP contribution < -0.4 is 10.0 Å². The lowest BCUT2D eigenvalue weighted by atomic mass is 10.2. The minimum atomic E-state index is -3.77. The third kappa shape index (κ3) is 7.09. The van der Waals surface area contributed by atoms with Crippen molar-refractivity contribution in [3.8, 4) is 0 Å². The van der Waals surface area contributed by atoms with E-state index in [1.54, 1.807) is 12.1 Å². The average molecular weight is 408 g/mol. The smallest absolute Gasteiger partial charge is 0.306 e. The number of halogens is 1. The molecule has 0 heterocycles. The van der Waals surface area contributed by atoms with Crippen LogP contribution in [0.1, 0.15) is 18.4 Å². The van der Waals surface area contributed by atoms with Crippen molar-refractivity contribution in [1.82, 2.24) is 4.72 Å². The monoisotopic (exact) mass is 408 g/mol. The Bertz CT molecular complexity index is 912. The molecule has 0 aliphatic heterocycles. The van der Waals surface area contributed by atoms with E-state index in [-0.39, 0.29) is 24.3 Å². The highest BCUT2D eigenvalue weighted by Gasteiger charge is 2.14. The van der Waals surface area contributed by atoms with Gasteiger partial charge in [-0.1, -0.05) is 17.7 Å². The van der Waals surface area contributed by atoms with Crippen molar-refractivity contribution in [3.63, 3.8) is 0 Å². The van der Waals surface area contributed by atoms with Gasteiger partial charge in [0.05, 0.1) is 4.90 Å². The van der Waals surface area contributed by atoms with E-state index in [0.29, 0.717) is 5.69 Å². The van der Waals surface area contributed by atoms with E-state index < -0.39 is 34.3 Å². The summed E-state index contributed by atoms with van der Waals surface area (Å²) in [6, 6.07) is 11.6. The fraction of sp³-hybridized carbons (Fsp3) is 0.263. The van der Waals surface area contributed by atoms with Gasteiger partial charge in [0.25, 0.3) is 5.91 Å². The number of aryl methyl sites for hydroxylation is 1. The second-order valence-electron chi connectivity index (χ2n) is 6.03. The number of nitrogens with one attached hydrogen (secondary N) is 2. The Hall–Kier alpha value is -2.78. The third-order valence-electron chi connectivity index (χ3n) is 3.67. The van der Waals surface area contributed by atoms with Crippen LogP contribution in [0.2, 0.25) is 0 Å². The van der Waals surface area contributed by atoms with Gasteiger partial charge < -0.3 is 10.1 Å². The molecular weight excluding hydrogens is 387 g/mol. The zero-order valence-corrected chi connectivity index (χ0v) is 16.1. The molecule has 2 aromatic rings. The molecule has 0 aromatic heterocycles. The van der Waals surface area contributed by atoms with Crippen LogP contribution in [0, 0.1) is 12.7 Å². The number of sulfonamides is 1. The largest absolute Gasteiger partial charge is 0.456 e. The van der Waals surface area contributed by atoms with Crippen molar-refractivity contribution < 1.29 is 27.1 Å². The molecule has 9 heteroatoms. The van der Waals surface area contributed by atoms with Crippen molar-refractivity contribution in [2.24, 2.45) is 0 Å². The first-order chi connectivity index (χ1) is 13.3. The number of benzene rings is 2. The van der Waals surface area contributed by atoms with Crippen molar-refractivity contribution in [2.75, 3.05) is 18.5 Å². The molecule has 150 valence electrons. The second kappa shape index (κ2) is 9.95. The Morgan fingerprint density at radius 2 is 1.68 bits per heavy atom. The molecular formula is C19H21FN2O5S. The lowest BCUT2D eigenvalue weighted by Crippen LogP contribution is -2.26. The lowest BCUT2D eigenvalue weighted by Gasteiger charge is -2.08. The zero-order valence-electron chi connectivity index (χ0n) is 15.3. The summed E-state index contributed by atoms with van der Waals surface area (Å²) in [6.45, 7) is 1.51. The molecule has 0 atom stereocenters. The highest BCUT2D eigenvalue weighted by Crippen LogP contribution is 2.10. The Labute approximate surface area is 163 Å². The second-order valence-corrected chi connectivity index (χ2v) is 7.80. The number of hydrogen-bond acceptors (Lipinski definition) is 5. The normalized spacial score (nSPS) is 11.1. The summed E-state index contributed by atoms with van der Waals surface area (Å²) in [6.07, 6.45) is 0.141. The van der Waals surface area contributed by atoms with Gasteiger partial charge in [0, 0.05) is 18.7 Å². The molecule has 0 radical (unpaired) electrons. The van der Waals surface area contributed by atoms with Crippen LogP contribution in [0.5, 0.6) is 0 Å². The molecule has 0 saturated heterocycles. The summed E-state index contributed by atoms with van der Waals surface area (Å²) in [4.78, 5) is 23.3. The fourth-order valence-corrected chi connectivity index (χ4v) is 3.26. The maximum absolute atomic E-state index is 12.8. The molecule has 0 saturated carbocycles. The molecule has 0 unspecified atom stereocenters. The van der Waals surface area contributed by atoms with Gasteiger partial charge in [-0.25, -0.2) is 17.5 Å². The summed E-state index contributed by atoms with van der Waals surface area (Å²) in [7, 11) is -3.77. The highest BCUT2D eigenvalue weighted by molar-refractivity contribution is 7.89. The predicted molar refractivity (Wildman–Crippen MR) is 102 cm³/mol. The van der Waals surface area contributed by atoms with Gasteiger partial charge in [0.15, 0.2) is 6.61 Å². The number of carbonyl (C=O) groups is 2. The zero-order chi connectivity index (χ0) is 20.6. The number of ether oxygens (including phenoxy) is 1. The van der Waals surface area contributed by atoms with E-state index in [4.69, 9.17) is 4.74 Å². The van der Waals surface area contributed by atoms with Crippen molar-refractivity contribution in [2.45, 2.75) is 24.7 Å². The van der Waals surface area contributed by atoms with Crippen LogP contribution in [-0.4, -0.2) is 33.4 Å². The maximum Gasteiger partial charge on any atom is 0.306 e. The average Bonchev–Trinajstić information content (AvgIpc) is 2.66. The number of anilines is 1. The molecule has 7 nitrogen and oxygen atoms in total. The molecule has 2 N–H and O–H groups in total. The van der Waals surface area contributed by atoms with Crippen molar-refractivity contribution in [3.05, 3.63) is 59.9 Å². The van der Waals surface area contributed by atoms with Gasteiger partial charge in [-0.2, -0.15) is 0 Å². The number of rotatable bonds is 9. The molecule has 28 heavy (non-hydrogen) atoms. The predicted octanol–water partition coefficient (Wildman–Crippen LogP) is 2.37. The number of hydrogen-bond donors (Lipinski definition) is 2. The molecule has 0 bridgehead atoms. The Morgan fingerprint density at radius 1 is 1.04 bits per heavy atom. The molecule has 2 rings (SSSR count). The standard InChI is InChI=1S/C19H21FN2O5S/c1-14-4-8-16(9-5-14)22-18(23)13-27-19(24)3-2-12-21-28(25,26)17-10-6-15(20)7-11-17/h4-11,21H,2-3,12-13H2,1H3,(H,22,23). The van der Waals surface area contributed by atoms with Crippen LogP contribution in [0.25, 0.3) is 0 Å². The fourth-order valence-electron chi connectivity index (χ4n) is 2.19. The maximum atomic E-state index is 12.8. The Morgan fingerprint density at radius 3 is 2.32 bits per heavy atom. The molecule has 0 aliphatic rings. The van der Waals surface area contributed by atoms with Gasteiger partial charge in [0.2, 0.25) is 10.0 Å². The quantitative estimate of drug-likeness (QED) is 0.490. The lowest BCUT2D eigenvalue weighted by molar-refractivity contribution is -0.147. The first-order valence-corrected chi connectivity index (χ1v) is 10.0. The molecule has 2 aromatic carbocycles. The molecule has 0 aliphatic carbocycles. The van der Waals surface area contributed by atoms with Crippen molar-refractivity contribution >= 4 is 27.6 Å². The summed E-state index contributed by atoms with van der Waals surface area (Å²) < 4.78 is 44.0. The topological polar surface area (TPSA) is 102 Å². The SMILES string of the molecule is Cc1ccc(NC(=O)COC(=O)CCCNS(=O)(=O)c2ccc(F)cc2)cc1. The van der Waals surface area contributed by atoms with Crippen LogP contribution in [0.15, 0.2) is 53.4 Å². The number of esters is 1. The van der Waals surface area contributed by atoms with E-state index in [1.807, 2.05) is 19.1 Å².